The first-order valence-electron chi connectivity index (χ1n) is 5.84. The second kappa shape index (κ2) is 7.44. The molecule has 1 rings (SSSR count). The van der Waals surface area contributed by atoms with Gasteiger partial charge in [-0.05, 0) is 18.6 Å². The van der Waals surface area contributed by atoms with Gasteiger partial charge in [-0.25, -0.2) is 5.43 Å². The average molecular weight is 234 g/mol. The lowest BCUT2D eigenvalue weighted by molar-refractivity contribution is -0.121. The lowest BCUT2D eigenvalue weighted by Crippen LogP contribution is -2.16. The summed E-state index contributed by atoms with van der Waals surface area (Å²) >= 11 is 0. The molecule has 0 aliphatic heterocycles. The normalized spacial score (nSPS) is 10.6. The molecule has 1 aromatic carbocycles. The maximum Gasteiger partial charge on any atom is 0.240 e. The van der Waals surface area contributed by atoms with Crippen molar-refractivity contribution in [3.8, 4) is 5.75 Å². The van der Waals surface area contributed by atoms with Crippen LogP contribution in [-0.2, 0) is 4.79 Å². The quantitative estimate of drug-likeness (QED) is 0.451. The van der Waals surface area contributed by atoms with Crippen LogP contribution in [0, 0.1) is 0 Å². The van der Waals surface area contributed by atoms with E-state index in [9.17, 15) is 9.90 Å². The number of amides is 1. The smallest absolute Gasteiger partial charge is 0.240 e. The molecule has 0 saturated carbocycles. The van der Waals surface area contributed by atoms with E-state index < -0.39 is 0 Å². The van der Waals surface area contributed by atoms with Gasteiger partial charge in [0.05, 0.1) is 6.21 Å². The van der Waals surface area contributed by atoms with Gasteiger partial charge in [-0.1, -0.05) is 31.9 Å². The van der Waals surface area contributed by atoms with Crippen LogP contribution in [0.5, 0.6) is 5.75 Å². The zero-order chi connectivity index (χ0) is 12.5. The van der Waals surface area contributed by atoms with Crippen molar-refractivity contribution in [2.75, 3.05) is 0 Å². The number of hydrogen-bond donors (Lipinski definition) is 2. The molecule has 0 saturated heterocycles. The summed E-state index contributed by atoms with van der Waals surface area (Å²) in [6, 6.07) is 6.83. The highest BCUT2D eigenvalue weighted by Crippen LogP contribution is 2.12. The topological polar surface area (TPSA) is 61.7 Å². The summed E-state index contributed by atoms with van der Waals surface area (Å²) in [5.74, 6) is 0.0570. The van der Waals surface area contributed by atoms with Gasteiger partial charge in [-0.3, -0.25) is 4.79 Å². The highest BCUT2D eigenvalue weighted by molar-refractivity contribution is 5.84. The van der Waals surface area contributed by atoms with E-state index in [-0.39, 0.29) is 11.7 Å². The van der Waals surface area contributed by atoms with Crippen LogP contribution in [0.25, 0.3) is 0 Å². The Morgan fingerprint density at radius 1 is 1.41 bits per heavy atom. The van der Waals surface area contributed by atoms with Crippen LogP contribution in [0.3, 0.4) is 0 Å². The van der Waals surface area contributed by atoms with Crippen molar-refractivity contribution in [1.29, 1.82) is 0 Å². The molecule has 92 valence electrons. The molecule has 4 heteroatoms. The van der Waals surface area contributed by atoms with Gasteiger partial charge in [0.25, 0.3) is 0 Å². The van der Waals surface area contributed by atoms with E-state index in [0.717, 1.165) is 19.3 Å². The number of phenolic OH excluding ortho intramolecular Hbond substituents is 1. The Bertz CT molecular complexity index is 389. The van der Waals surface area contributed by atoms with Crippen molar-refractivity contribution >= 4 is 12.1 Å². The number of nitrogens with one attached hydrogen (secondary N) is 1. The minimum atomic E-state index is -0.0925. The number of rotatable bonds is 6. The molecular weight excluding hydrogens is 216 g/mol. The molecular formula is C13H18N2O2. The number of hydrazone groups is 1. The highest BCUT2D eigenvalue weighted by Gasteiger charge is 1.98. The predicted octanol–water partition coefficient (Wildman–Crippen LogP) is 2.42. The van der Waals surface area contributed by atoms with Crippen molar-refractivity contribution in [3.05, 3.63) is 29.8 Å². The van der Waals surface area contributed by atoms with E-state index in [0.29, 0.717) is 12.0 Å². The van der Waals surface area contributed by atoms with Crippen molar-refractivity contribution in [1.82, 2.24) is 5.43 Å². The van der Waals surface area contributed by atoms with Gasteiger partial charge < -0.3 is 5.11 Å². The third kappa shape index (κ3) is 5.15. The molecule has 17 heavy (non-hydrogen) atoms. The SMILES string of the molecule is CCCCCC(=O)N/N=C\c1ccccc1O. The molecule has 0 heterocycles. The Labute approximate surface area is 101 Å². The van der Waals surface area contributed by atoms with Gasteiger partial charge in [-0.2, -0.15) is 5.10 Å². The van der Waals surface area contributed by atoms with E-state index in [4.69, 9.17) is 0 Å². The van der Waals surface area contributed by atoms with E-state index >= 15 is 0 Å². The van der Waals surface area contributed by atoms with Gasteiger partial charge in [-0.15, -0.1) is 0 Å². The Balaban J connectivity index is 2.35. The Kier molecular flexibility index (Phi) is 5.79. The van der Waals surface area contributed by atoms with Crippen LogP contribution in [0.4, 0.5) is 0 Å². The molecule has 0 aliphatic carbocycles. The third-order valence-electron chi connectivity index (χ3n) is 2.34. The second-order valence-electron chi connectivity index (χ2n) is 3.81. The fraction of sp³-hybridized carbons (Fsp3) is 0.385. The van der Waals surface area contributed by atoms with Gasteiger partial charge in [0.1, 0.15) is 5.75 Å². The van der Waals surface area contributed by atoms with E-state index in [1.807, 2.05) is 0 Å². The number of nitrogens with zero attached hydrogens (tertiary/aromatic N) is 1. The van der Waals surface area contributed by atoms with Crippen molar-refractivity contribution in [2.45, 2.75) is 32.6 Å². The minimum Gasteiger partial charge on any atom is -0.507 e. The maximum absolute atomic E-state index is 11.3. The lowest BCUT2D eigenvalue weighted by atomic mass is 10.2. The van der Waals surface area contributed by atoms with Gasteiger partial charge in [0.2, 0.25) is 5.91 Å². The summed E-state index contributed by atoms with van der Waals surface area (Å²) in [6.07, 6.45) is 4.96. The molecule has 4 nitrogen and oxygen atoms in total. The van der Waals surface area contributed by atoms with E-state index in [1.165, 1.54) is 6.21 Å². The van der Waals surface area contributed by atoms with Gasteiger partial charge in [0.15, 0.2) is 0 Å². The Morgan fingerprint density at radius 2 is 2.18 bits per heavy atom. The monoisotopic (exact) mass is 234 g/mol. The number of phenols is 1. The molecule has 0 aliphatic rings. The predicted molar refractivity (Wildman–Crippen MR) is 68.0 cm³/mol. The van der Waals surface area contributed by atoms with Crippen LogP contribution < -0.4 is 5.43 Å². The summed E-state index contributed by atoms with van der Waals surface area (Å²) in [7, 11) is 0. The van der Waals surface area contributed by atoms with E-state index in [2.05, 4.69) is 17.5 Å². The number of unbranched alkanes of at least 4 members (excludes halogenated alkanes) is 2. The second-order valence-corrected chi connectivity index (χ2v) is 3.81. The molecule has 2 N–H and O–H groups in total. The lowest BCUT2D eigenvalue weighted by Gasteiger charge is -1.99. The summed E-state index contributed by atoms with van der Waals surface area (Å²) in [6.45, 7) is 2.09. The Hall–Kier alpha value is -1.84. The summed E-state index contributed by atoms with van der Waals surface area (Å²) in [4.78, 5) is 11.3. The number of carbonyl (C=O) groups excluding carboxylic acids is 1. The summed E-state index contributed by atoms with van der Waals surface area (Å²) < 4.78 is 0. The number of aromatic hydroxyl groups is 1. The third-order valence-corrected chi connectivity index (χ3v) is 2.34. The molecule has 0 spiro atoms. The first kappa shape index (κ1) is 13.2. The summed E-state index contributed by atoms with van der Waals surface area (Å²) in [5.41, 5.74) is 3.02. The highest BCUT2D eigenvalue weighted by atomic mass is 16.3. The molecule has 0 fully saturated rings. The molecule has 0 radical (unpaired) electrons. The summed E-state index contributed by atoms with van der Waals surface area (Å²) in [5, 5.41) is 13.2. The molecule has 0 unspecified atom stereocenters. The fourth-order valence-electron chi connectivity index (χ4n) is 1.36. The van der Waals surface area contributed by atoms with Crippen LogP contribution in [0.2, 0.25) is 0 Å². The molecule has 0 atom stereocenters. The van der Waals surface area contributed by atoms with Crippen molar-refractivity contribution in [2.24, 2.45) is 5.10 Å². The zero-order valence-corrected chi connectivity index (χ0v) is 10.0. The first-order valence-corrected chi connectivity index (χ1v) is 5.84. The first-order chi connectivity index (χ1) is 8.24. The van der Waals surface area contributed by atoms with Crippen LogP contribution >= 0.6 is 0 Å². The Morgan fingerprint density at radius 3 is 2.88 bits per heavy atom. The number of para-hydroxylation sites is 1. The molecule has 0 aromatic heterocycles. The van der Waals surface area contributed by atoms with Gasteiger partial charge in [0, 0.05) is 12.0 Å². The van der Waals surface area contributed by atoms with Crippen LogP contribution in [0.15, 0.2) is 29.4 Å². The zero-order valence-electron chi connectivity index (χ0n) is 10.0. The molecule has 1 aromatic rings. The fourth-order valence-corrected chi connectivity index (χ4v) is 1.36. The van der Waals surface area contributed by atoms with Crippen LogP contribution in [-0.4, -0.2) is 17.2 Å². The van der Waals surface area contributed by atoms with Crippen LogP contribution in [0.1, 0.15) is 38.2 Å². The standard InChI is InChI=1S/C13H18N2O2/c1-2-3-4-9-13(17)15-14-10-11-7-5-6-8-12(11)16/h5-8,10,16H,2-4,9H2,1H3,(H,15,17)/b14-10-. The van der Waals surface area contributed by atoms with Crippen molar-refractivity contribution < 1.29 is 9.90 Å². The largest absolute Gasteiger partial charge is 0.507 e. The molecule has 0 bridgehead atoms. The number of benzene rings is 1. The average Bonchev–Trinajstić information content (AvgIpc) is 2.32. The number of hydrogen-bond acceptors (Lipinski definition) is 3. The van der Waals surface area contributed by atoms with Crippen molar-refractivity contribution in [3.63, 3.8) is 0 Å². The van der Waals surface area contributed by atoms with Gasteiger partial charge >= 0.3 is 0 Å². The minimum absolute atomic E-state index is 0.0925. The maximum atomic E-state index is 11.3. The number of carbonyl (C=O) groups is 1. The van der Waals surface area contributed by atoms with E-state index in [1.54, 1.807) is 24.3 Å². The molecule has 1 amide bonds.